The van der Waals surface area contributed by atoms with E-state index in [-0.39, 0.29) is 5.56 Å². The van der Waals surface area contributed by atoms with Crippen molar-refractivity contribution in [1.29, 1.82) is 0 Å². The lowest BCUT2D eigenvalue weighted by Crippen LogP contribution is -2.41. The third-order valence-corrected chi connectivity index (χ3v) is 5.87. The number of likely N-dealkylation sites (N-methyl/N-ethyl adjacent to an activating group) is 1. The minimum atomic E-state index is -0.546. The summed E-state index contributed by atoms with van der Waals surface area (Å²) in [5.41, 5.74) is 2.06. The molecule has 0 bridgehead atoms. The van der Waals surface area contributed by atoms with Crippen LogP contribution < -0.4 is 0 Å². The molecule has 1 aromatic carbocycles. The first-order valence-electron chi connectivity index (χ1n) is 8.98. The van der Waals surface area contributed by atoms with E-state index in [0.29, 0.717) is 5.04 Å². The highest BCUT2D eigenvalue weighted by Gasteiger charge is 2.48. The van der Waals surface area contributed by atoms with Gasteiger partial charge in [-0.05, 0) is 50.0 Å². The number of rotatable bonds is 4. The van der Waals surface area contributed by atoms with Crippen molar-refractivity contribution in [2.45, 2.75) is 31.1 Å². The van der Waals surface area contributed by atoms with E-state index in [1.165, 1.54) is 17.8 Å². The van der Waals surface area contributed by atoms with Crippen LogP contribution in [0.25, 0.3) is 0 Å². The summed E-state index contributed by atoms with van der Waals surface area (Å²) in [5.74, 6) is -0.975. The molecule has 1 heterocycles. The van der Waals surface area contributed by atoms with Crippen LogP contribution in [0.2, 0.25) is 0 Å². The van der Waals surface area contributed by atoms with Gasteiger partial charge < -0.3 is 0 Å². The third-order valence-electron chi connectivity index (χ3n) is 4.38. The van der Waals surface area contributed by atoms with Crippen molar-refractivity contribution in [3.63, 3.8) is 0 Å². The number of hydrazone groups is 1. The second kappa shape index (κ2) is 9.64. The molecule has 0 N–H and O–H groups in total. The second-order valence-corrected chi connectivity index (χ2v) is 7.56. The molecule has 1 spiro atoms. The highest BCUT2D eigenvalue weighted by molar-refractivity contribution is 8.16. The summed E-state index contributed by atoms with van der Waals surface area (Å²) in [7, 11) is 1.84. The molecule has 0 radical (unpaired) electrons. The molecule has 3 rings (SSSR count). The topological polar surface area (TPSA) is 28.0 Å². The number of allylic oxidation sites excluding steroid dienone is 4. The molecule has 0 amide bonds. The molecule has 1 aliphatic heterocycles. The van der Waals surface area contributed by atoms with Crippen molar-refractivity contribution < 1.29 is 8.78 Å². The van der Waals surface area contributed by atoms with Crippen molar-refractivity contribution in [3.8, 4) is 0 Å². The zero-order chi connectivity index (χ0) is 20.7. The molecular weight excluding hydrogens is 376 g/mol. The maximum atomic E-state index is 14.2. The summed E-state index contributed by atoms with van der Waals surface area (Å²) in [4.78, 5) is 4.02. The van der Waals surface area contributed by atoms with Gasteiger partial charge in [0.15, 0.2) is 4.87 Å². The Hall–Kier alpha value is -2.47. The maximum absolute atomic E-state index is 14.2. The van der Waals surface area contributed by atoms with Crippen molar-refractivity contribution in [2.75, 3.05) is 7.05 Å². The molecule has 0 aromatic heterocycles. The number of thioether (sulfide) groups is 1. The average Bonchev–Trinajstić information content (AvgIpc) is 2.99. The van der Waals surface area contributed by atoms with Gasteiger partial charge in [-0.3, -0.25) is 10.0 Å². The molecule has 6 heteroatoms. The van der Waals surface area contributed by atoms with Crippen LogP contribution in [-0.4, -0.2) is 28.2 Å². The SMILES string of the molecule is C=CC.C=CC=NC1=C(C=C)CCCC12SC(c1cc(F)ccc1F)=NN2C. The standard InChI is InChI=1S/C19H19F2N3S.C3H6/c1-4-11-22-17-13(5-2)7-6-10-19(17)24(3)23-18(25-19)15-12-14(20)8-9-16(15)21;1-3-2/h4-5,8-9,11-12H,1-2,6-7,10H2,3H3;3H,1H2,2H3. The number of benzene rings is 1. The minimum absolute atomic E-state index is 0.173. The van der Waals surface area contributed by atoms with Crippen LogP contribution in [0.15, 0.2) is 77.5 Å². The lowest BCUT2D eigenvalue weighted by atomic mass is 9.91. The molecule has 1 aromatic rings. The van der Waals surface area contributed by atoms with E-state index in [0.717, 1.165) is 42.7 Å². The van der Waals surface area contributed by atoms with Crippen LogP contribution in [0.3, 0.4) is 0 Å². The first-order valence-corrected chi connectivity index (χ1v) is 9.80. The lowest BCUT2D eigenvalue weighted by molar-refractivity contribution is 0.235. The molecule has 2 aliphatic rings. The van der Waals surface area contributed by atoms with Crippen LogP contribution in [0, 0.1) is 11.6 Å². The highest BCUT2D eigenvalue weighted by atomic mass is 32.2. The monoisotopic (exact) mass is 401 g/mol. The number of aliphatic imine (C=N–C) groups is 1. The number of nitrogens with zero attached hydrogens (tertiary/aromatic N) is 3. The van der Waals surface area contributed by atoms with E-state index in [9.17, 15) is 8.78 Å². The van der Waals surface area contributed by atoms with Gasteiger partial charge in [-0.2, -0.15) is 5.10 Å². The van der Waals surface area contributed by atoms with Gasteiger partial charge in [-0.15, -0.1) is 6.58 Å². The van der Waals surface area contributed by atoms with Gasteiger partial charge in [0.05, 0.1) is 5.70 Å². The third kappa shape index (κ3) is 4.33. The lowest BCUT2D eigenvalue weighted by Gasteiger charge is -2.38. The van der Waals surface area contributed by atoms with Crippen molar-refractivity contribution in [3.05, 3.63) is 84.6 Å². The van der Waals surface area contributed by atoms with E-state index in [4.69, 9.17) is 0 Å². The molecule has 1 unspecified atom stereocenters. The Kier molecular flexibility index (Phi) is 7.52. The van der Waals surface area contributed by atoms with E-state index in [1.54, 1.807) is 23.4 Å². The first kappa shape index (κ1) is 21.8. The highest BCUT2D eigenvalue weighted by Crippen LogP contribution is 2.51. The Bertz CT molecular complexity index is 857. The molecular formula is C22H25F2N3S. The fourth-order valence-electron chi connectivity index (χ4n) is 3.16. The average molecular weight is 402 g/mol. The van der Waals surface area contributed by atoms with Crippen LogP contribution >= 0.6 is 11.8 Å². The maximum Gasteiger partial charge on any atom is 0.151 e. The Morgan fingerprint density at radius 1 is 1.29 bits per heavy atom. The van der Waals surface area contributed by atoms with E-state index in [1.807, 2.05) is 20.0 Å². The molecule has 148 valence electrons. The second-order valence-electron chi connectivity index (χ2n) is 6.29. The fourth-order valence-corrected chi connectivity index (χ4v) is 4.61. The van der Waals surface area contributed by atoms with Gasteiger partial charge in [0, 0.05) is 18.8 Å². The van der Waals surface area contributed by atoms with Gasteiger partial charge >= 0.3 is 0 Å². The summed E-state index contributed by atoms with van der Waals surface area (Å²) in [6, 6.07) is 3.41. The molecule has 0 saturated carbocycles. The Morgan fingerprint density at radius 3 is 2.64 bits per heavy atom. The van der Waals surface area contributed by atoms with Crippen molar-refractivity contribution in [2.24, 2.45) is 10.1 Å². The first-order chi connectivity index (χ1) is 13.4. The van der Waals surface area contributed by atoms with Gasteiger partial charge in [-0.25, -0.2) is 8.78 Å². The molecule has 1 aliphatic carbocycles. The largest absolute Gasteiger partial charge is 0.276 e. The van der Waals surface area contributed by atoms with E-state index in [2.05, 4.69) is 29.8 Å². The van der Waals surface area contributed by atoms with Gasteiger partial charge in [0.2, 0.25) is 0 Å². The summed E-state index contributed by atoms with van der Waals surface area (Å²) < 4.78 is 27.8. The van der Waals surface area contributed by atoms with Crippen LogP contribution in [0.5, 0.6) is 0 Å². The molecule has 3 nitrogen and oxygen atoms in total. The predicted molar refractivity (Wildman–Crippen MR) is 117 cm³/mol. The van der Waals surface area contributed by atoms with Crippen LogP contribution in [0.4, 0.5) is 8.78 Å². The number of halogens is 2. The molecule has 28 heavy (non-hydrogen) atoms. The van der Waals surface area contributed by atoms with Gasteiger partial charge in [-0.1, -0.05) is 43.1 Å². The Morgan fingerprint density at radius 2 is 2.00 bits per heavy atom. The van der Waals surface area contributed by atoms with Gasteiger partial charge in [0.25, 0.3) is 0 Å². The summed E-state index contributed by atoms with van der Waals surface area (Å²) in [6.07, 6.45) is 9.45. The zero-order valence-corrected chi connectivity index (χ0v) is 17.1. The number of hydrogen-bond acceptors (Lipinski definition) is 4. The van der Waals surface area contributed by atoms with Crippen molar-refractivity contribution in [1.82, 2.24) is 5.01 Å². The molecule has 0 saturated heterocycles. The van der Waals surface area contributed by atoms with Crippen molar-refractivity contribution >= 4 is 23.0 Å². The van der Waals surface area contributed by atoms with E-state index >= 15 is 0 Å². The molecule has 0 fully saturated rings. The summed E-state index contributed by atoms with van der Waals surface area (Å²) in [6.45, 7) is 12.8. The normalized spacial score (nSPS) is 21.4. The fraction of sp³-hybridized carbons (Fsp3) is 0.273. The Labute approximate surface area is 169 Å². The summed E-state index contributed by atoms with van der Waals surface area (Å²) in [5, 5.41) is 6.76. The van der Waals surface area contributed by atoms with Crippen LogP contribution in [0.1, 0.15) is 31.7 Å². The van der Waals surface area contributed by atoms with E-state index < -0.39 is 16.5 Å². The molecule has 1 atom stereocenters. The zero-order valence-electron chi connectivity index (χ0n) is 16.3. The summed E-state index contributed by atoms with van der Waals surface area (Å²) >= 11 is 1.41. The quantitative estimate of drug-likeness (QED) is 0.452. The Balaban J connectivity index is 0.000000878. The number of hydrogen-bond donors (Lipinski definition) is 0. The smallest absolute Gasteiger partial charge is 0.151 e. The van der Waals surface area contributed by atoms with Crippen LogP contribution in [-0.2, 0) is 0 Å². The van der Waals surface area contributed by atoms with Gasteiger partial charge in [0.1, 0.15) is 16.7 Å². The predicted octanol–water partition coefficient (Wildman–Crippen LogP) is 6.07. The minimum Gasteiger partial charge on any atom is -0.276 e.